The number of nitrogens with zero attached hydrogens (tertiary/aromatic N) is 3. The van der Waals surface area contributed by atoms with Gasteiger partial charge in [0.15, 0.2) is 0 Å². The number of anilines is 2. The monoisotopic (exact) mass is 223 g/mol. The molecule has 0 fully saturated rings. The van der Waals surface area contributed by atoms with Gasteiger partial charge >= 0.3 is 0 Å². The lowest BCUT2D eigenvalue weighted by Gasteiger charge is -2.13. The van der Waals surface area contributed by atoms with Crippen LogP contribution in [-0.4, -0.2) is 48.6 Å². The van der Waals surface area contributed by atoms with E-state index in [-0.39, 0.29) is 0 Å². The first-order valence-corrected chi connectivity index (χ1v) is 5.59. The van der Waals surface area contributed by atoms with Crippen LogP contribution in [0.25, 0.3) is 0 Å². The molecule has 1 aromatic heterocycles. The Kier molecular flexibility index (Phi) is 4.98. The summed E-state index contributed by atoms with van der Waals surface area (Å²) in [5, 5.41) is 6.41. The van der Waals surface area contributed by atoms with E-state index in [1.807, 2.05) is 20.0 Å². The molecule has 0 radical (unpaired) electrons. The van der Waals surface area contributed by atoms with Gasteiger partial charge in [0.05, 0.1) is 0 Å². The molecule has 0 amide bonds. The number of aryl methyl sites for hydroxylation is 1. The second-order valence-electron chi connectivity index (χ2n) is 3.99. The molecule has 0 saturated heterocycles. The maximum absolute atomic E-state index is 4.41. The SMILES string of the molecule is CCNc1ncc(C)c(NCCN(C)C)n1. The summed E-state index contributed by atoms with van der Waals surface area (Å²) in [5.41, 5.74) is 1.07. The Labute approximate surface area is 97.3 Å². The molecule has 0 atom stereocenters. The van der Waals surface area contributed by atoms with Crippen LogP contribution in [0, 0.1) is 6.92 Å². The highest BCUT2D eigenvalue weighted by molar-refractivity contribution is 5.46. The quantitative estimate of drug-likeness (QED) is 0.758. The highest BCUT2D eigenvalue weighted by atomic mass is 15.1. The zero-order valence-electron chi connectivity index (χ0n) is 10.5. The molecule has 0 aliphatic rings. The van der Waals surface area contributed by atoms with E-state index in [4.69, 9.17) is 0 Å². The predicted molar refractivity (Wildman–Crippen MR) is 68.0 cm³/mol. The van der Waals surface area contributed by atoms with E-state index in [0.717, 1.165) is 31.0 Å². The van der Waals surface area contributed by atoms with Crippen molar-refractivity contribution >= 4 is 11.8 Å². The van der Waals surface area contributed by atoms with Gasteiger partial charge in [0.2, 0.25) is 5.95 Å². The van der Waals surface area contributed by atoms with Crippen LogP contribution >= 0.6 is 0 Å². The van der Waals surface area contributed by atoms with Gasteiger partial charge in [-0.05, 0) is 27.9 Å². The minimum atomic E-state index is 0.681. The van der Waals surface area contributed by atoms with Crippen molar-refractivity contribution < 1.29 is 0 Å². The van der Waals surface area contributed by atoms with Crippen molar-refractivity contribution in [3.63, 3.8) is 0 Å². The van der Waals surface area contributed by atoms with Gasteiger partial charge in [-0.2, -0.15) is 4.98 Å². The summed E-state index contributed by atoms with van der Waals surface area (Å²) >= 11 is 0. The van der Waals surface area contributed by atoms with Crippen molar-refractivity contribution in [1.82, 2.24) is 14.9 Å². The number of likely N-dealkylation sites (N-methyl/N-ethyl adjacent to an activating group) is 1. The van der Waals surface area contributed by atoms with Crippen LogP contribution in [-0.2, 0) is 0 Å². The summed E-state index contributed by atoms with van der Waals surface area (Å²) < 4.78 is 0. The molecule has 0 aliphatic carbocycles. The van der Waals surface area contributed by atoms with Crippen molar-refractivity contribution in [1.29, 1.82) is 0 Å². The van der Waals surface area contributed by atoms with Crippen molar-refractivity contribution in [2.24, 2.45) is 0 Å². The van der Waals surface area contributed by atoms with Crippen molar-refractivity contribution in [3.05, 3.63) is 11.8 Å². The molecule has 1 heterocycles. The van der Waals surface area contributed by atoms with E-state index in [1.54, 1.807) is 0 Å². The second-order valence-corrected chi connectivity index (χ2v) is 3.99. The van der Waals surface area contributed by atoms with Crippen LogP contribution in [0.3, 0.4) is 0 Å². The third-order valence-electron chi connectivity index (χ3n) is 2.16. The van der Waals surface area contributed by atoms with Crippen LogP contribution < -0.4 is 10.6 Å². The fourth-order valence-electron chi connectivity index (χ4n) is 1.26. The van der Waals surface area contributed by atoms with E-state index in [0.29, 0.717) is 5.95 Å². The van der Waals surface area contributed by atoms with E-state index in [9.17, 15) is 0 Å². The van der Waals surface area contributed by atoms with Crippen molar-refractivity contribution in [3.8, 4) is 0 Å². The smallest absolute Gasteiger partial charge is 0.224 e. The molecule has 1 aromatic rings. The Hall–Kier alpha value is -1.36. The number of hydrogen-bond acceptors (Lipinski definition) is 5. The number of aromatic nitrogens is 2. The van der Waals surface area contributed by atoms with Crippen LogP contribution in [0.2, 0.25) is 0 Å². The van der Waals surface area contributed by atoms with Gasteiger partial charge in [-0.15, -0.1) is 0 Å². The first-order valence-electron chi connectivity index (χ1n) is 5.59. The summed E-state index contributed by atoms with van der Waals surface area (Å²) in [6.45, 7) is 6.74. The Bertz CT molecular complexity index is 324. The van der Waals surface area contributed by atoms with Crippen LogP contribution in [0.1, 0.15) is 12.5 Å². The molecule has 5 nitrogen and oxygen atoms in total. The fraction of sp³-hybridized carbons (Fsp3) is 0.636. The van der Waals surface area contributed by atoms with Crippen molar-refractivity contribution in [2.75, 3.05) is 44.4 Å². The van der Waals surface area contributed by atoms with E-state index >= 15 is 0 Å². The lowest BCUT2D eigenvalue weighted by Crippen LogP contribution is -2.21. The largest absolute Gasteiger partial charge is 0.368 e. The minimum Gasteiger partial charge on any atom is -0.368 e. The lowest BCUT2D eigenvalue weighted by atomic mass is 10.3. The molecule has 2 N–H and O–H groups in total. The Morgan fingerprint density at radius 2 is 2.06 bits per heavy atom. The normalized spacial score (nSPS) is 10.6. The van der Waals surface area contributed by atoms with Gasteiger partial charge in [-0.1, -0.05) is 0 Å². The Morgan fingerprint density at radius 1 is 1.31 bits per heavy atom. The zero-order chi connectivity index (χ0) is 12.0. The van der Waals surface area contributed by atoms with Gasteiger partial charge in [0.25, 0.3) is 0 Å². The zero-order valence-corrected chi connectivity index (χ0v) is 10.5. The van der Waals surface area contributed by atoms with E-state index in [2.05, 4.69) is 39.6 Å². The number of rotatable bonds is 6. The van der Waals surface area contributed by atoms with Gasteiger partial charge in [-0.25, -0.2) is 4.98 Å². The molecule has 0 aromatic carbocycles. The van der Waals surface area contributed by atoms with Crippen LogP contribution in [0.5, 0.6) is 0 Å². The second kappa shape index (κ2) is 6.27. The predicted octanol–water partition coefficient (Wildman–Crippen LogP) is 1.19. The van der Waals surface area contributed by atoms with Crippen LogP contribution in [0.4, 0.5) is 11.8 Å². The minimum absolute atomic E-state index is 0.681. The molecule has 1 rings (SSSR count). The molecule has 0 saturated carbocycles. The number of nitrogens with one attached hydrogen (secondary N) is 2. The summed E-state index contributed by atoms with van der Waals surface area (Å²) in [4.78, 5) is 10.7. The summed E-state index contributed by atoms with van der Waals surface area (Å²) in [5.74, 6) is 1.59. The molecule has 0 unspecified atom stereocenters. The summed E-state index contributed by atoms with van der Waals surface area (Å²) in [7, 11) is 4.11. The molecular weight excluding hydrogens is 202 g/mol. The maximum atomic E-state index is 4.41. The lowest BCUT2D eigenvalue weighted by molar-refractivity contribution is 0.425. The Balaban J connectivity index is 2.59. The van der Waals surface area contributed by atoms with Gasteiger partial charge < -0.3 is 15.5 Å². The first-order chi connectivity index (χ1) is 7.63. The van der Waals surface area contributed by atoms with E-state index < -0.39 is 0 Å². The summed E-state index contributed by atoms with van der Waals surface area (Å²) in [6, 6.07) is 0. The molecular formula is C11H21N5. The van der Waals surface area contributed by atoms with Gasteiger partial charge in [0.1, 0.15) is 5.82 Å². The van der Waals surface area contributed by atoms with Crippen LogP contribution in [0.15, 0.2) is 6.20 Å². The molecule has 0 bridgehead atoms. The molecule has 5 heteroatoms. The third kappa shape index (κ3) is 4.02. The highest BCUT2D eigenvalue weighted by Crippen LogP contribution is 2.11. The molecule has 90 valence electrons. The maximum Gasteiger partial charge on any atom is 0.224 e. The number of hydrogen-bond donors (Lipinski definition) is 2. The molecule has 16 heavy (non-hydrogen) atoms. The topological polar surface area (TPSA) is 53.1 Å². The van der Waals surface area contributed by atoms with E-state index in [1.165, 1.54) is 0 Å². The van der Waals surface area contributed by atoms with Gasteiger partial charge in [0, 0.05) is 31.4 Å². The first kappa shape index (κ1) is 12.7. The third-order valence-corrected chi connectivity index (χ3v) is 2.16. The average Bonchev–Trinajstić information content (AvgIpc) is 2.22. The van der Waals surface area contributed by atoms with Gasteiger partial charge in [-0.3, -0.25) is 0 Å². The molecule has 0 spiro atoms. The average molecular weight is 223 g/mol. The molecule has 0 aliphatic heterocycles. The highest BCUT2D eigenvalue weighted by Gasteiger charge is 2.02. The van der Waals surface area contributed by atoms with Crippen molar-refractivity contribution in [2.45, 2.75) is 13.8 Å². The fourth-order valence-corrected chi connectivity index (χ4v) is 1.26. The standard InChI is InChI=1S/C11H21N5/c1-5-12-11-14-8-9(2)10(15-11)13-6-7-16(3)4/h8H,5-7H2,1-4H3,(H2,12,13,14,15). The Morgan fingerprint density at radius 3 is 2.69 bits per heavy atom. The summed E-state index contributed by atoms with van der Waals surface area (Å²) in [6.07, 6.45) is 1.84.